The first-order valence-corrected chi connectivity index (χ1v) is 5.93. The van der Waals surface area contributed by atoms with Crippen LogP contribution in [0.4, 0.5) is 0 Å². The lowest BCUT2D eigenvalue weighted by Crippen LogP contribution is -2.21. The van der Waals surface area contributed by atoms with Crippen LogP contribution in [-0.2, 0) is 0 Å². The van der Waals surface area contributed by atoms with Gasteiger partial charge in [0.1, 0.15) is 0 Å². The molecule has 2 N–H and O–H groups in total. The summed E-state index contributed by atoms with van der Waals surface area (Å²) in [5.74, 6) is 6.20. The smallest absolute Gasteiger partial charge is 0.0914 e. The fraction of sp³-hybridized carbons (Fsp3) is 0.467. The molecule has 0 heterocycles. The zero-order valence-electron chi connectivity index (χ0n) is 10.8. The van der Waals surface area contributed by atoms with E-state index in [1.165, 1.54) is 0 Å². The molecular formula is C15H21NO. The summed E-state index contributed by atoms with van der Waals surface area (Å²) < 4.78 is 0. The molecule has 1 rings (SSSR count). The van der Waals surface area contributed by atoms with Crippen molar-refractivity contribution in [3.8, 4) is 11.8 Å². The van der Waals surface area contributed by atoms with Crippen LogP contribution < -0.4 is 5.32 Å². The Morgan fingerprint density at radius 3 is 2.47 bits per heavy atom. The fourth-order valence-electron chi connectivity index (χ4n) is 1.37. The van der Waals surface area contributed by atoms with Gasteiger partial charge in [-0.1, -0.05) is 42.2 Å². The van der Waals surface area contributed by atoms with Crippen LogP contribution in [0.2, 0.25) is 0 Å². The largest absolute Gasteiger partial charge is 0.387 e. The van der Waals surface area contributed by atoms with Gasteiger partial charge < -0.3 is 10.4 Å². The van der Waals surface area contributed by atoms with Crippen molar-refractivity contribution in [3.63, 3.8) is 0 Å². The van der Waals surface area contributed by atoms with E-state index in [0.29, 0.717) is 13.1 Å². The first-order chi connectivity index (χ1) is 7.99. The quantitative estimate of drug-likeness (QED) is 0.616. The van der Waals surface area contributed by atoms with Gasteiger partial charge in [-0.25, -0.2) is 0 Å². The maximum absolute atomic E-state index is 9.87. The van der Waals surface area contributed by atoms with Crippen molar-refractivity contribution in [2.24, 2.45) is 5.41 Å². The Bertz CT molecular complexity index is 381. The van der Waals surface area contributed by atoms with E-state index in [2.05, 4.69) is 37.9 Å². The first kappa shape index (κ1) is 13.8. The molecule has 0 spiro atoms. The van der Waals surface area contributed by atoms with Gasteiger partial charge in [0.05, 0.1) is 12.6 Å². The van der Waals surface area contributed by atoms with E-state index in [4.69, 9.17) is 0 Å². The Morgan fingerprint density at radius 2 is 1.88 bits per heavy atom. The van der Waals surface area contributed by atoms with Gasteiger partial charge in [0.15, 0.2) is 0 Å². The van der Waals surface area contributed by atoms with Crippen LogP contribution in [0.3, 0.4) is 0 Å². The van der Waals surface area contributed by atoms with Gasteiger partial charge in [-0.15, -0.1) is 0 Å². The number of rotatable bonds is 4. The third-order valence-corrected chi connectivity index (χ3v) is 2.20. The minimum Gasteiger partial charge on any atom is -0.387 e. The van der Waals surface area contributed by atoms with Crippen LogP contribution in [0, 0.1) is 17.3 Å². The summed E-state index contributed by atoms with van der Waals surface area (Å²) in [6.07, 6.45) is -0.465. The van der Waals surface area contributed by atoms with Crippen molar-refractivity contribution in [1.29, 1.82) is 0 Å². The molecule has 2 nitrogen and oxygen atoms in total. The highest BCUT2D eigenvalue weighted by molar-refractivity contribution is 5.17. The van der Waals surface area contributed by atoms with E-state index < -0.39 is 6.10 Å². The zero-order chi connectivity index (χ0) is 12.7. The van der Waals surface area contributed by atoms with Gasteiger partial charge in [-0.3, -0.25) is 0 Å². The van der Waals surface area contributed by atoms with Crippen LogP contribution in [-0.4, -0.2) is 18.2 Å². The Labute approximate surface area is 104 Å². The standard InChI is InChI=1S/C15H21NO/c1-15(2,3)10-7-11-16-12-14(17)13-8-5-4-6-9-13/h4-6,8-9,14,16-17H,11-12H2,1-3H3. The number of aliphatic hydroxyl groups excluding tert-OH is 1. The molecule has 0 bridgehead atoms. The summed E-state index contributed by atoms with van der Waals surface area (Å²) in [4.78, 5) is 0. The lowest BCUT2D eigenvalue weighted by molar-refractivity contribution is 0.176. The molecule has 0 amide bonds. The lowest BCUT2D eigenvalue weighted by atomic mass is 9.98. The molecule has 2 heteroatoms. The van der Waals surface area contributed by atoms with E-state index in [9.17, 15) is 5.11 Å². The maximum Gasteiger partial charge on any atom is 0.0914 e. The minimum absolute atomic E-state index is 0.0414. The van der Waals surface area contributed by atoms with Crippen LogP contribution in [0.25, 0.3) is 0 Å². The van der Waals surface area contributed by atoms with Crippen LogP contribution in [0.1, 0.15) is 32.4 Å². The predicted octanol–water partition coefficient (Wildman–Crippen LogP) is 2.36. The van der Waals surface area contributed by atoms with Crippen molar-refractivity contribution in [2.45, 2.75) is 26.9 Å². The normalized spacial score (nSPS) is 12.7. The van der Waals surface area contributed by atoms with Crippen molar-refractivity contribution >= 4 is 0 Å². The van der Waals surface area contributed by atoms with Gasteiger partial charge in [0.25, 0.3) is 0 Å². The second-order valence-electron chi connectivity index (χ2n) is 5.11. The zero-order valence-corrected chi connectivity index (χ0v) is 10.8. The molecule has 17 heavy (non-hydrogen) atoms. The molecule has 0 aliphatic heterocycles. The van der Waals surface area contributed by atoms with Crippen LogP contribution in [0.15, 0.2) is 30.3 Å². The third-order valence-electron chi connectivity index (χ3n) is 2.20. The minimum atomic E-state index is -0.465. The van der Waals surface area contributed by atoms with E-state index >= 15 is 0 Å². The highest BCUT2D eigenvalue weighted by Crippen LogP contribution is 2.10. The Hall–Kier alpha value is -1.30. The second kappa shape index (κ2) is 6.44. The molecule has 1 aromatic rings. The summed E-state index contributed by atoms with van der Waals surface area (Å²) in [5, 5.41) is 13.0. The maximum atomic E-state index is 9.87. The molecule has 0 fully saturated rings. The molecule has 0 aliphatic carbocycles. The molecule has 0 radical (unpaired) electrons. The topological polar surface area (TPSA) is 32.3 Å². The molecule has 1 atom stereocenters. The summed E-state index contributed by atoms with van der Waals surface area (Å²) in [7, 11) is 0. The predicted molar refractivity (Wildman–Crippen MR) is 71.5 cm³/mol. The second-order valence-corrected chi connectivity index (χ2v) is 5.11. The third kappa shape index (κ3) is 6.11. The summed E-state index contributed by atoms with van der Waals surface area (Å²) in [6.45, 7) is 7.39. The average molecular weight is 231 g/mol. The van der Waals surface area contributed by atoms with Crippen molar-refractivity contribution in [3.05, 3.63) is 35.9 Å². The number of nitrogens with one attached hydrogen (secondary N) is 1. The molecule has 0 aliphatic rings. The van der Waals surface area contributed by atoms with E-state index in [0.717, 1.165) is 5.56 Å². The van der Waals surface area contributed by atoms with Crippen molar-refractivity contribution in [2.75, 3.05) is 13.1 Å². The van der Waals surface area contributed by atoms with Gasteiger partial charge in [0.2, 0.25) is 0 Å². The lowest BCUT2D eigenvalue weighted by Gasteiger charge is -2.11. The van der Waals surface area contributed by atoms with E-state index in [1.807, 2.05) is 30.3 Å². The van der Waals surface area contributed by atoms with Gasteiger partial charge in [0, 0.05) is 12.0 Å². The van der Waals surface area contributed by atoms with Crippen LogP contribution in [0.5, 0.6) is 0 Å². The highest BCUT2D eigenvalue weighted by Gasteiger charge is 2.05. The Balaban J connectivity index is 2.30. The molecular weight excluding hydrogens is 210 g/mol. The van der Waals surface area contributed by atoms with Gasteiger partial charge >= 0.3 is 0 Å². The molecule has 1 unspecified atom stereocenters. The number of benzene rings is 1. The molecule has 0 saturated carbocycles. The molecule has 92 valence electrons. The fourth-order valence-corrected chi connectivity index (χ4v) is 1.37. The Kier molecular flexibility index (Phi) is 5.21. The van der Waals surface area contributed by atoms with Gasteiger partial charge in [-0.05, 0) is 26.3 Å². The van der Waals surface area contributed by atoms with Gasteiger partial charge in [-0.2, -0.15) is 0 Å². The Morgan fingerprint density at radius 1 is 1.24 bits per heavy atom. The van der Waals surface area contributed by atoms with Crippen LogP contribution >= 0.6 is 0 Å². The number of hydrogen-bond donors (Lipinski definition) is 2. The molecule has 0 aromatic heterocycles. The summed E-state index contributed by atoms with van der Waals surface area (Å²) >= 11 is 0. The molecule has 0 saturated heterocycles. The SMILES string of the molecule is CC(C)(C)C#CCNCC(O)c1ccccc1. The van der Waals surface area contributed by atoms with E-state index in [1.54, 1.807) is 0 Å². The van der Waals surface area contributed by atoms with Crippen molar-refractivity contribution < 1.29 is 5.11 Å². The highest BCUT2D eigenvalue weighted by atomic mass is 16.3. The van der Waals surface area contributed by atoms with Crippen molar-refractivity contribution in [1.82, 2.24) is 5.32 Å². The average Bonchev–Trinajstić information content (AvgIpc) is 2.28. The first-order valence-electron chi connectivity index (χ1n) is 5.93. The number of hydrogen-bond acceptors (Lipinski definition) is 2. The summed E-state index contributed by atoms with van der Waals surface area (Å²) in [5.41, 5.74) is 0.975. The monoisotopic (exact) mass is 231 g/mol. The number of aliphatic hydroxyl groups is 1. The molecule has 1 aromatic carbocycles. The summed E-state index contributed by atoms with van der Waals surface area (Å²) in [6, 6.07) is 9.65. The van der Waals surface area contributed by atoms with E-state index in [-0.39, 0.29) is 5.41 Å².